The fourth-order valence-electron chi connectivity index (χ4n) is 1.18. The maximum absolute atomic E-state index is 10.9. The van der Waals surface area contributed by atoms with Crippen molar-refractivity contribution in [3.8, 4) is 5.88 Å². The summed E-state index contributed by atoms with van der Waals surface area (Å²) in [6.45, 7) is 7.07. The van der Waals surface area contributed by atoms with E-state index >= 15 is 0 Å². The molecule has 0 saturated heterocycles. The second-order valence-corrected chi connectivity index (χ2v) is 4.29. The lowest BCUT2D eigenvalue weighted by atomic mass is 10.1. The van der Waals surface area contributed by atoms with Crippen molar-refractivity contribution >= 4 is 11.6 Å². The van der Waals surface area contributed by atoms with Crippen LogP contribution in [0.3, 0.4) is 0 Å². The van der Waals surface area contributed by atoms with Gasteiger partial charge >= 0.3 is 5.69 Å². The predicted octanol–water partition coefficient (Wildman–Crippen LogP) is 1.84. The summed E-state index contributed by atoms with van der Waals surface area (Å²) in [7, 11) is 0. The van der Waals surface area contributed by atoms with Crippen molar-refractivity contribution in [1.29, 1.82) is 0 Å². The van der Waals surface area contributed by atoms with Crippen LogP contribution < -0.4 is 10.5 Å². The summed E-state index contributed by atoms with van der Waals surface area (Å²) in [4.78, 5) is 17.9. The van der Waals surface area contributed by atoms with Crippen LogP contribution in [0.4, 0.5) is 11.6 Å². The zero-order valence-electron chi connectivity index (χ0n) is 10.4. The van der Waals surface area contributed by atoms with E-state index in [9.17, 15) is 10.1 Å². The Morgan fingerprint density at radius 1 is 1.47 bits per heavy atom. The van der Waals surface area contributed by atoms with E-state index in [1.807, 2.05) is 20.8 Å². The van der Waals surface area contributed by atoms with E-state index in [4.69, 9.17) is 10.5 Å². The fourth-order valence-corrected chi connectivity index (χ4v) is 1.18. The number of hydrogen-bond donors (Lipinski definition) is 1. The van der Waals surface area contributed by atoms with E-state index < -0.39 is 10.5 Å². The molecule has 0 aromatic carbocycles. The van der Waals surface area contributed by atoms with Crippen molar-refractivity contribution in [2.24, 2.45) is 0 Å². The SMILES string of the molecule is CCC(C)(C)Oc1nc(N)nc(C)c1[N+](=O)[O-]. The van der Waals surface area contributed by atoms with Crippen molar-refractivity contribution in [3.63, 3.8) is 0 Å². The highest BCUT2D eigenvalue weighted by atomic mass is 16.6. The summed E-state index contributed by atoms with van der Waals surface area (Å²) in [5, 5.41) is 10.9. The average molecular weight is 240 g/mol. The number of nitrogens with zero attached hydrogens (tertiary/aromatic N) is 3. The summed E-state index contributed by atoms with van der Waals surface area (Å²) in [5.74, 6) is -0.109. The third-order valence-corrected chi connectivity index (χ3v) is 2.45. The van der Waals surface area contributed by atoms with Crippen molar-refractivity contribution in [1.82, 2.24) is 9.97 Å². The van der Waals surface area contributed by atoms with Gasteiger partial charge in [-0.05, 0) is 27.2 Å². The monoisotopic (exact) mass is 240 g/mol. The van der Waals surface area contributed by atoms with E-state index in [1.165, 1.54) is 6.92 Å². The van der Waals surface area contributed by atoms with Crippen LogP contribution in [0.15, 0.2) is 0 Å². The summed E-state index contributed by atoms with van der Waals surface area (Å²) in [6.07, 6.45) is 0.688. The first kappa shape index (κ1) is 13.1. The highest BCUT2D eigenvalue weighted by molar-refractivity contribution is 5.47. The molecule has 0 aliphatic heterocycles. The Kier molecular flexibility index (Phi) is 3.50. The van der Waals surface area contributed by atoms with Crippen LogP contribution in [0.5, 0.6) is 5.88 Å². The summed E-state index contributed by atoms with van der Waals surface area (Å²) in [5.41, 5.74) is 4.88. The molecule has 0 fully saturated rings. The topological polar surface area (TPSA) is 104 Å². The summed E-state index contributed by atoms with van der Waals surface area (Å²) in [6, 6.07) is 0. The highest BCUT2D eigenvalue weighted by Gasteiger charge is 2.28. The second-order valence-electron chi connectivity index (χ2n) is 4.29. The Morgan fingerprint density at radius 2 is 2.06 bits per heavy atom. The van der Waals surface area contributed by atoms with Crippen LogP contribution in [-0.2, 0) is 0 Å². The first-order valence-corrected chi connectivity index (χ1v) is 5.24. The van der Waals surface area contributed by atoms with E-state index in [0.29, 0.717) is 6.42 Å². The number of nitrogens with two attached hydrogens (primary N) is 1. The van der Waals surface area contributed by atoms with Gasteiger partial charge in [-0.25, -0.2) is 4.98 Å². The Bertz CT molecular complexity index is 445. The number of hydrogen-bond acceptors (Lipinski definition) is 6. The van der Waals surface area contributed by atoms with Gasteiger partial charge in [0.2, 0.25) is 5.95 Å². The number of rotatable bonds is 4. The summed E-state index contributed by atoms with van der Waals surface area (Å²) >= 11 is 0. The zero-order chi connectivity index (χ0) is 13.2. The Hall–Kier alpha value is -1.92. The van der Waals surface area contributed by atoms with Crippen LogP contribution in [-0.4, -0.2) is 20.5 Å². The van der Waals surface area contributed by atoms with Gasteiger partial charge in [0.15, 0.2) is 0 Å². The molecule has 17 heavy (non-hydrogen) atoms. The molecule has 0 atom stereocenters. The third-order valence-electron chi connectivity index (χ3n) is 2.45. The van der Waals surface area contributed by atoms with E-state index in [-0.39, 0.29) is 23.2 Å². The van der Waals surface area contributed by atoms with Gasteiger partial charge in [0.25, 0.3) is 5.88 Å². The highest BCUT2D eigenvalue weighted by Crippen LogP contribution is 2.31. The molecule has 1 rings (SSSR count). The quantitative estimate of drug-likeness (QED) is 0.636. The van der Waals surface area contributed by atoms with Crippen LogP contribution >= 0.6 is 0 Å². The summed E-state index contributed by atoms with van der Waals surface area (Å²) < 4.78 is 5.53. The van der Waals surface area contributed by atoms with Gasteiger partial charge in [0.1, 0.15) is 11.3 Å². The number of nitro groups is 1. The molecule has 0 aliphatic rings. The number of aryl methyl sites for hydroxylation is 1. The van der Waals surface area contributed by atoms with Gasteiger partial charge < -0.3 is 10.5 Å². The number of nitrogen functional groups attached to an aromatic ring is 1. The normalized spacial score (nSPS) is 11.3. The lowest BCUT2D eigenvalue weighted by molar-refractivity contribution is -0.387. The molecular formula is C10H16N4O3. The minimum Gasteiger partial charge on any atom is -0.467 e. The van der Waals surface area contributed by atoms with Crippen molar-refractivity contribution in [3.05, 3.63) is 15.8 Å². The van der Waals surface area contributed by atoms with Crippen molar-refractivity contribution in [2.45, 2.75) is 39.7 Å². The molecule has 0 unspecified atom stereocenters. The molecule has 7 heteroatoms. The van der Waals surface area contributed by atoms with E-state index in [1.54, 1.807) is 0 Å². The molecule has 0 aliphatic carbocycles. The second kappa shape index (κ2) is 4.52. The zero-order valence-corrected chi connectivity index (χ0v) is 10.4. The Labute approximate surface area is 99.2 Å². The average Bonchev–Trinajstić information content (AvgIpc) is 2.14. The largest absolute Gasteiger partial charge is 0.467 e. The number of ether oxygens (including phenoxy) is 1. The van der Waals surface area contributed by atoms with E-state index in [2.05, 4.69) is 9.97 Å². The molecule has 1 heterocycles. The van der Waals surface area contributed by atoms with Gasteiger partial charge in [-0.15, -0.1) is 0 Å². The lowest BCUT2D eigenvalue weighted by Gasteiger charge is -2.23. The van der Waals surface area contributed by atoms with Gasteiger partial charge in [-0.1, -0.05) is 6.92 Å². The van der Waals surface area contributed by atoms with Crippen LogP contribution in [0, 0.1) is 17.0 Å². The molecule has 0 bridgehead atoms. The van der Waals surface area contributed by atoms with Crippen LogP contribution in [0.1, 0.15) is 32.9 Å². The molecule has 0 radical (unpaired) electrons. The predicted molar refractivity (Wildman–Crippen MR) is 62.8 cm³/mol. The first-order valence-electron chi connectivity index (χ1n) is 5.24. The first-order chi connectivity index (χ1) is 7.76. The molecule has 0 spiro atoms. The fraction of sp³-hybridized carbons (Fsp3) is 0.600. The molecule has 1 aromatic rings. The van der Waals surface area contributed by atoms with Gasteiger partial charge in [-0.2, -0.15) is 4.98 Å². The molecule has 1 aromatic heterocycles. The van der Waals surface area contributed by atoms with E-state index in [0.717, 1.165) is 0 Å². The molecule has 7 nitrogen and oxygen atoms in total. The maximum atomic E-state index is 10.9. The smallest absolute Gasteiger partial charge is 0.352 e. The van der Waals surface area contributed by atoms with Crippen molar-refractivity contribution < 1.29 is 9.66 Å². The van der Waals surface area contributed by atoms with Crippen LogP contribution in [0.25, 0.3) is 0 Å². The molecule has 94 valence electrons. The molecule has 0 amide bonds. The standard InChI is InChI=1S/C10H16N4O3/c1-5-10(3,4)17-8-7(14(15)16)6(2)12-9(11)13-8/h5H2,1-4H3,(H2,11,12,13). The minimum atomic E-state index is -0.560. The maximum Gasteiger partial charge on any atom is 0.352 e. The van der Waals surface area contributed by atoms with Gasteiger partial charge in [0.05, 0.1) is 4.92 Å². The van der Waals surface area contributed by atoms with Crippen LogP contribution in [0.2, 0.25) is 0 Å². The number of anilines is 1. The molecule has 2 N–H and O–H groups in total. The van der Waals surface area contributed by atoms with Gasteiger partial charge in [-0.3, -0.25) is 10.1 Å². The number of aromatic nitrogens is 2. The Morgan fingerprint density at radius 3 is 2.53 bits per heavy atom. The van der Waals surface area contributed by atoms with Gasteiger partial charge in [0, 0.05) is 0 Å². The molecular weight excluding hydrogens is 224 g/mol. The molecule has 0 saturated carbocycles. The third kappa shape index (κ3) is 3.02. The lowest BCUT2D eigenvalue weighted by Crippen LogP contribution is -2.28. The van der Waals surface area contributed by atoms with Crippen molar-refractivity contribution in [2.75, 3.05) is 5.73 Å². The minimum absolute atomic E-state index is 0.0324. The Balaban J connectivity index is 3.26.